The second-order valence-corrected chi connectivity index (χ2v) is 5.75. The van der Waals surface area contributed by atoms with Crippen molar-refractivity contribution >= 4 is 17.9 Å². The van der Waals surface area contributed by atoms with E-state index in [-0.39, 0.29) is 29.8 Å². The van der Waals surface area contributed by atoms with Gasteiger partial charge >= 0.3 is 12.0 Å². The van der Waals surface area contributed by atoms with Crippen molar-refractivity contribution in [2.75, 3.05) is 19.7 Å². The summed E-state index contributed by atoms with van der Waals surface area (Å²) in [6.45, 7) is 3.27. The predicted molar refractivity (Wildman–Crippen MR) is 76.9 cm³/mol. The Kier molecular flexibility index (Phi) is 3.93. The molecule has 0 N–H and O–H groups in total. The Balaban J connectivity index is 1.61. The van der Waals surface area contributed by atoms with Crippen LogP contribution in [-0.4, -0.2) is 58.5 Å². The molecule has 1 atom stereocenters. The van der Waals surface area contributed by atoms with Crippen molar-refractivity contribution in [2.45, 2.75) is 31.8 Å². The molecule has 0 saturated carbocycles. The van der Waals surface area contributed by atoms with Gasteiger partial charge in [-0.2, -0.15) is 0 Å². The van der Waals surface area contributed by atoms with Crippen LogP contribution in [0, 0.1) is 10.1 Å². The van der Waals surface area contributed by atoms with E-state index >= 15 is 0 Å². The summed E-state index contributed by atoms with van der Waals surface area (Å²) in [4.78, 5) is 37.3. The smallest absolute Gasteiger partial charge is 0.433 e. The summed E-state index contributed by atoms with van der Waals surface area (Å²) >= 11 is 0. The van der Waals surface area contributed by atoms with Gasteiger partial charge in [-0.1, -0.05) is 0 Å². The normalized spacial score (nSPS) is 22.3. The third-order valence-electron chi connectivity index (χ3n) is 4.26. The van der Waals surface area contributed by atoms with Crippen LogP contribution in [0.4, 0.5) is 10.7 Å². The number of hydrogen-bond donors (Lipinski definition) is 0. The van der Waals surface area contributed by atoms with Crippen LogP contribution in [0.15, 0.2) is 16.5 Å². The zero-order chi connectivity index (χ0) is 16.6. The van der Waals surface area contributed by atoms with Gasteiger partial charge in [0.2, 0.25) is 0 Å². The minimum Gasteiger partial charge on any atom is -0.447 e. The third kappa shape index (κ3) is 2.86. The van der Waals surface area contributed by atoms with Crippen LogP contribution in [0.5, 0.6) is 0 Å². The van der Waals surface area contributed by atoms with Gasteiger partial charge in [-0.05, 0) is 25.8 Å². The average molecular weight is 323 g/mol. The van der Waals surface area contributed by atoms with E-state index in [1.54, 1.807) is 9.80 Å². The molecule has 0 spiro atoms. The highest BCUT2D eigenvalue weighted by Crippen LogP contribution is 2.25. The fourth-order valence-electron chi connectivity index (χ4n) is 3.08. The molecule has 9 nitrogen and oxygen atoms in total. The molecule has 2 aliphatic heterocycles. The lowest BCUT2D eigenvalue weighted by molar-refractivity contribution is -0.402. The molecule has 3 rings (SSSR count). The van der Waals surface area contributed by atoms with Crippen molar-refractivity contribution in [3.63, 3.8) is 0 Å². The Morgan fingerprint density at radius 1 is 1.35 bits per heavy atom. The Morgan fingerprint density at radius 3 is 2.57 bits per heavy atom. The first-order chi connectivity index (χ1) is 11.0. The van der Waals surface area contributed by atoms with Gasteiger partial charge in [0.1, 0.15) is 11.5 Å². The molecule has 3 heterocycles. The van der Waals surface area contributed by atoms with Crippen LogP contribution < -0.4 is 0 Å². The van der Waals surface area contributed by atoms with Crippen LogP contribution in [-0.2, 0) is 4.74 Å². The molecule has 2 fully saturated rings. The van der Waals surface area contributed by atoms with E-state index in [1.165, 1.54) is 12.1 Å². The Hall–Kier alpha value is -2.58. The highest BCUT2D eigenvalue weighted by Gasteiger charge is 2.38. The summed E-state index contributed by atoms with van der Waals surface area (Å²) in [6, 6.07) is 2.58. The van der Waals surface area contributed by atoms with Crippen LogP contribution in [0.2, 0.25) is 0 Å². The van der Waals surface area contributed by atoms with Crippen LogP contribution in [0.3, 0.4) is 0 Å². The molecule has 0 radical (unpaired) electrons. The molecular weight excluding hydrogens is 306 g/mol. The number of carbonyl (C=O) groups is 2. The second kappa shape index (κ2) is 5.90. The van der Waals surface area contributed by atoms with Crippen molar-refractivity contribution in [2.24, 2.45) is 0 Å². The van der Waals surface area contributed by atoms with Gasteiger partial charge in [0.25, 0.3) is 5.91 Å². The first kappa shape index (κ1) is 15.3. The van der Waals surface area contributed by atoms with Gasteiger partial charge in [-0.15, -0.1) is 0 Å². The van der Waals surface area contributed by atoms with Gasteiger partial charge in [-0.25, -0.2) is 4.79 Å². The zero-order valence-corrected chi connectivity index (χ0v) is 12.6. The standard InChI is InChI=1S/C14H17N3O6/c1-9-8-22-14(19)16(9)10-4-6-15(7-5-10)13(18)11-2-3-12(23-11)17(20)21/h2-3,9-10H,4-8H2,1H3. The predicted octanol–water partition coefficient (Wildman–Crippen LogP) is 1.63. The molecular formula is C14H17N3O6. The number of cyclic esters (lactones) is 1. The molecule has 9 heteroatoms. The Morgan fingerprint density at radius 2 is 2.04 bits per heavy atom. The second-order valence-electron chi connectivity index (χ2n) is 5.75. The molecule has 1 aromatic heterocycles. The molecule has 1 aromatic rings. The Labute approximate surface area is 131 Å². The lowest BCUT2D eigenvalue weighted by Gasteiger charge is -2.36. The zero-order valence-electron chi connectivity index (χ0n) is 12.6. The van der Waals surface area contributed by atoms with Gasteiger partial charge in [0, 0.05) is 19.1 Å². The number of carbonyl (C=O) groups excluding carboxylic acids is 2. The summed E-state index contributed by atoms with van der Waals surface area (Å²) in [5.74, 6) is -0.852. The lowest BCUT2D eigenvalue weighted by Crippen LogP contribution is -2.49. The Bertz CT molecular complexity index is 634. The van der Waals surface area contributed by atoms with Gasteiger partial charge in [0.15, 0.2) is 5.76 Å². The molecule has 0 aromatic carbocycles. The number of ether oxygens (including phenoxy) is 1. The number of nitro groups is 1. The minimum absolute atomic E-state index is 0.0379. The van der Waals surface area contributed by atoms with E-state index in [4.69, 9.17) is 9.15 Å². The van der Waals surface area contributed by atoms with Crippen LogP contribution in [0.25, 0.3) is 0 Å². The monoisotopic (exact) mass is 323 g/mol. The summed E-state index contributed by atoms with van der Waals surface area (Å²) in [6.07, 6.45) is 0.992. The van der Waals surface area contributed by atoms with E-state index in [0.29, 0.717) is 32.5 Å². The van der Waals surface area contributed by atoms with E-state index in [9.17, 15) is 19.7 Å². The summed E-state index contributed by atoms with van der Waals surface area (Å²) in [7, 11) is 0. The molecule has 2 saturated heterocycles. The number of nitrogens with zero attached hydrogens (tertiary/aromatic N) is 3. The first-order valence-electron chi connectivity index (χ1n) is 7.46. The number of rotatable bonds is 3. The molecule has 23 heavy (non-hydrogen) atoms. The van der Waals surface area contributed by atoms with E-state index in [2.05, 4.69) is 0 Å². The highest BCUT2D eigenvalue weighted by atomic mass is 16.6. The number of hydrogen-bond acceptors (Lipinski definition) is 6. The van der Waals surface area contributed by atoms with E-state index in [1.807, 2.05) is 6.92 Å². The lowest BCUT2D eigenvalue weighted by atomic mass is 10.0. The summed E-state index contributed by atoms with van der Waals surface area (Å²) < 4.78 is 9.97. The quantitative estimate of drug-likeness (QED) is 0.618. The van der Waals surface area contributed by atoms with Crippen LogP contribution >= 0.6 is 0 Å². The molecule has 1 unspecified atom stereocenters. The fraction of sp³-hybridized carbons (Fsp3) is 0.571. The van der Waals surface area contributed by atoms with Crippen molar-refractivity contribution < 1.29 is 23.7 Å². The van der Waals surface area contributed by atoms with Crippen molar-refractivity contribution in [1.29, 1.82) is 0 Å². The third-order valence-corrected chi connectivity index (χ3v) is 4.26. The van der Waals surface area contributed by atoms with E-state index in [0.717, 1.165) is 0 Å². The van der Waals surface area contributed by atoms with Gasteiger partial charge in [0.05, 0.1) is 12.1 Å². The van der Waals surface area contributed by atoms with Gasteiger partial charge < -0.3 is 14.1 Å². The number of amides is 2. The van der Waals surface area contributed by atoms with Crippen molar-refractivity contribution in [1.82, 2.24) is 9.80 Å². The number of likely N-dealkylation sites (tertiary alicyclic amines) is 1. The largest absolute Gasteiger partial charge is 0.447 e. The average Bonchev–Trinajstić information content (AvgIpc) is 3.14. The maximum absolute atomic E-state index is 12.3. The molecule has 124 valence electrons. The highest BCUT2D eigenvalue weighted by molar-refractivity contribution is 5.91. The maximum atomic E-state index is 12.3. The van der Waals surface area contributed by atoms with Crippen LogP contribution in [0.1, 0.15) is 30.3 Å². The fourth-order valence-corrected chi connectivity index (χ4v) is 3.08. The van der Waals surface area contributed by atoms with Crippen molar-refractivity contribution in [3.8, 4) is 0 Å². The summed E-state index contributed by atoms with van der Waals surface area (Å²) in [5.41, 5.74) is 0. The topological polar surface area (TPSA) is 106 Å². The molecule has 2 aliphatic rings. The number of piperidine rings is 1. The van der Waals surface area contributed by atoms with E-state index < -0.39 is 10.8 Å². The minimum atomic E-state index is -0.677. The van der Waals surface area contributed by atoms with Gasteiger partial charge in [-0.3, -0.25) is 19.8 Å². The summed E-state index contributed by atoms with van der Waals surface area (Å²) in [5, 5.41) is 10.6. The first-order valence-corrected chi connectivity index (χ1v) is 7.46. The van der Waals surface area contributed by atoms with Crippen molar-refractivity contribution in [3.05, 3.63) is 28.0 Å². The molecule has 0 aliphatic carbocycles. The number of furan rings is 1. The molecule has 2 amide bonds. The maximum Gasteiger partial charge on any atom is 0.433 e. The SMILES string of the molecule is CC1COC(=O)N1C1CCN(C(=O)c2ccc([N+](=O)[O-])o2)CC1. The molecule has 0 bridgehead atoms.